The number of ether oxygens (including phenoxy) is 1. The van der Waals surface area contributed by atoms with Crippen molar-refractivity contribution in [3.8, 4) is 0 Å². The minimum Gasteiger partial charge on any atom is -0.377 e. The van der Waals surface area contributed by atoms with Gasteiger partial charge >= 0.3 is 0 Å². The van der Waals surface area contributed by atoms with Crippen molar-refractivity contribution in [3.05, 3.63) is 35.4 Å². The van der Waals surface area contributed by atoms with Gasteiger partial charge in [-0.25, -0.2) is 0 Å². The molecule has 0 aromatic heterocycles. The molecule has 4 heteroatoms. The van der Waals surface area contributed by atoms with E-state index in [0.29, 0.717) is 18.0 Å². The van der Waals surface area contributed by atoms with Crippen LogP contribution in [0.1, 0.15) is 56.6 Å². The van der Waals surface area contributed by atoms with E-state index in [4.69, 9.17) is 4.74 Å². The van der Waals surface area contributed by atoms with Crippen molar-refractivity contribution in [1.29, 1.82) is 0 Å². The summed E-state index contributed by atoms with van der Waals surface area (Å²) in [5.74, 6) is 0.564. The van der Waals surface area contributed by atoms with Crippen LogP contribution in [0.25, 0.3) is 0 Å². The molecule has 1 aliphatic heterocycles. The molecular formula is C23H34N2O2. The van der Waals surface area contributed by atoms with Crippen molar-refractivity contribution in [2.75, 3.05) is 19.7 Å². The van der Waals surface area contributed by atoms with Gasteiger partial charge in [0.1, 0.15) is 0 Å². The van der Waals surface area contributed by atoms with Crippen LogP contribution in [0.15, 0.2) is 24.3 Å². The molecular weight excluding hydrogens is 336 g/mol. The Hall–Kier alpha value is -1.39. The molecule has 1 saturated heterocycles. The first-order valence-corrected chi connectivity index (χ1v) is 11.0. The highest BCUT2D eigenvalue weighted by Crippen LogP contribution is 2.31. The number of likely N-dealkylation sites (tertiary alicyclic amines) is 1. The van der Waals surface area contributed by atoms with E-state index in [2.05, 4.69) is 41.4 Å². The smallest absolute Gasteiger partial charge is 0.225 e. The summed E-state index contributed by atoms with van der Waals surface area (Å²) in [6.07, 6.45) is 8.73. The van der Waals surface area contributed by atoms with Crippen LogP contribution in [0, 0.1) is 5.92 Å². The highest BCUT2D eigenvalue weighted by Gasteiger charge is 2.38. The summed E-state index contributed by atoms with van der Waals surface area (Å²) in [5.41, 5.74) is 2.95. The maximum absolute atomic E-state index is 12.9. The Morgan fingerprint density at radius 2 is 1.85 bits per heavy atom. The largest absolute Gasteiger partial charge is 0.377 e. The third-order valence-corrected chi connectivity index (χ3v) is 6.59. The second-order valence-electron chi connectivity index (χ2n) is 8.60. The predicted molar refractivity (Wildman–Crippen MR) is 108 cm³/mol. The Bertz CT molecular complexity index is 616. The van der Waals surface area contributed by atoms with Gasteiger partial charge in [-0.15, -0.1) is 0 Å². The fourth-order valence-electron chi connectivity index (χ4n) is 5.19. The number of nitrogens with zero attached hydrogens (tertiary/aromatic N) is 1. The number of carbonyl (C=O) groups is 1. The van der Waals surface area contributed by atoms with Crippen LogP contribution < -0.4 is 5.32 Å². The molecule has 3 atom stereocenters. The molecule has 2 fully saturated rings. The van der Waals surface area contributed by atoms with Crippen LogP contribution in [0.4, 0.5) is 0 Å². The van der Waals surface area contributed by atoms with Crippen LogP contribution in [0.3, 0.4) is 0 Å². The summed E-state index contributed by atoms with van der Waals surface area (Å²) >= 11 is 0. The number of fused-ring (bicyclic) bond motifs is 1. The van der Waals surface area contributed by atoms with Gasteiger partial charge in [0.05, 0.1) is 6.10 Å². The van der Waals surface area contributed by atoms with E-state index in [1.807, 2.05) is 0 Å². The molecule has 27 heavy (non-hydrogen) atoms. The molecule has 1 N–H and O–H groups in total. The van der Waals surface area contributed by atoms with Crippen molar-refractivity contribution in [2.24, 2.45) is 5.92 Å². The number of hydrogen-bond donors (Lipinski definition) is 1. The highest BCUT2D eigenvalue weighted by molar-refractivity contribution is 5.79. The summed E-state index contributed by atoms with van der Waals surface area (Å²) in [6.45, 7) is 4.90. The summed E-state index contributed by atoms with van der Waals surface area (Å²) in [4.78, 5) is 15.0. The van der Waals surface area contributed by atoms with E-state index in [9.17, 15) is 4.79 Å². The maximum atomic E-state index is 12.9. The third-order valence-electron chi connectivity index (χ3n) is 6.59. The number of nitrogens with one attached hydrogen (secondary N) is 1. The van der Waals surface area contributed by atoms with Crippen molar-refractivity contribution >= 4 is 5.91 Å². The summed E-state index contributed by atoms with van der Waals surface area (Å²) in [7, 11) is 0. The third kappa shape index (κ3) is 4.38. The quantitative estimate of drug-likeness (QED) is 0.835. The second kappa shape index (κ2) is 8.74. The van der Waals surface area contributed by atoms with Gasteiger partial charge in [0.15, 0.2) is 0 Å². The average molecular weight is 371 g/mol. The lowest BCUT2D eigenvalue weighted by molar-refractivity contribution is -0.137. The van der Waals surface area contributed by atoms with Gasteiger partial charge in [-0.2, -0.15) is 0 Å². The van der Waals surface area contributed by atoms with E-state index in [1.54, 1.807) is 0 Å². The fraction of sp³-hybridized carbons (Fsp3) is 0.696. The Balaban J connectivity index is 1.40. The van der Waals surface area contributed by atoms with Crippen LogP contribution in [0.5, 0.6) is 0 Å². The molecule has 2 aliphatic carbocycles. The molecule has 4 rings (SSSR count). The van der Waals surface area contributed by atoms with Crippen molar-refractivity contribution in [1.82, 2.24) is 10.2 Å². The van der Waals surface area contributed by atoms with E-state index in [0.717, 1.165) is 58.2 Å². The van der Waals surface area contributed by atoms with Gasteiger partial charge in [-0.1, -0.05) is 31.2 Å². The minimum atomic E-state index is 0.172. The molecule has 1 saturated carbocycles. The molecule has 148 valence electrons. The van der Waals surface area contributed by atoms with E-state index in [1.165, 1.54) is 24.0 Å². The van der Waals surface area contributed by atoms with Crippen molar-refractivity contribution in [3.63, 3.8) is 0 Å². The molecule has 1 aromatic rings. The van der Waals surface area contributed by atoms with E-state index in [-0.39, 0.29) is 12.0 Å². The Kier molecular flexibility index (Phi) is 6.14. The monoisotopic (exact) mass is 370 g/mol. The van der Waals surface area contributed by atoms with Gasteiger partial charge in [-0.05, 0) is 62.5 Å². The molecule has 1 amide bonds. The Labute approximate surface area is 163 Å². The molecule has 1 heterocycles. The van der Waals surface area contributed by atoms with Crippen LogP contribution in [0.2, 0.25) is 0 Å². The summed E-state index contributed by atoms with van der Waals surface area (Å²) in [5, 5.41) is 3.90. The minimum absolute atomic E-state index is 0.172. The molecule has 0 spiro atoms. The molecule has 1 aromatic carbocycles. The number of carbonyl (C=O) groups excluding carboxylic acids is 1. The zero-order valence-electron chi connectivity index (χ0n) is 16.7. The van der Waals surface area contributed by atoms with Crippen LogP contribution in [-0.2, 0) is 22.4 Å². The van der Waals surface area contributed by atoms with Gasteiger partial charge in [0, 0.05) is 37.7 Å². The predicted octanol–water partition coefficient (Wildman–Crippen LogP) is 3.33. The number of benzene rings is 1. The van der Waals surface area contributed by atoms with E-state index < -0.39 is 0 Å². The van der Waals surface area contributed by atoms with Gasteiger partial charge in [0.2, 0.25) is 5.91 Å². The lowest BCUT2D eigenvalue weighted by Gasteiger charge is -2.38. The topological polar surface area (TPSA) is 41.6 Å². The molecule has 0 radical (unpaired) electrons. The standard InChI is InChI=1S/C23H34N2O2/c1-2-13-27-22-10-9-19(23(26)25-11-5-6-12-25)16-21(22)24-20-14-17-7-3-4-8-18(17)15-20/h3-4,7-8,19-22,24H,2,5-6,9-16H2,1H3/t19-,21+,22+/m0/s1. The average Bonchev–Trinajstić information content (AvgIpc) is 3.35. The van der Waals surface area contributed by atoms with Gasteiger partial charge in [-0.3, -0.25) is 4.79 Å². The highest BCUT2D eigenvalue weighted by atomic mass is 16.5. The normalized spacial score (nSPS) is 28.5. The Morgan fingerprint density at radius 3 is 2.52 bits per heavy atom. The van der Waals surface area contributed by atoms with Crippen molar-refractivity contribution in [2.45, 2.75) is 76.5 Å². The Morgan fingerprint density at radius 1 is 1.15 bits per heavy atom. The van der Waals surface area contributed by atoms with Crippen LogP contribution >= 0.6 is 0 Å². The van der Waals surface area contributed by atoms with Gasteiger partial charge < -0.3 is 15.0 Å². The summed E-state index contributed by atoms with van der Waals surface area (Å²) in [6, 6.07) is 9.55. The first kappa shape index (κ1) is 18.9. The lowest BCUT2D eigenvalue weighted by Crippen LogP contribution is -2.52. The SMILES string of the molecule is CCCO[C@@H]1CC[C@H](C(=O)N2CCCC2)C[C@H]1NC1Cc2ccccc2C1. The second-order valence-corrected chi connectivity index (χ2v) is 8.60. The first-order chi connectivity index (χ1) is 13.2. The lowest BCUT2D eigenvalue weighted by atomic mass is 9.82. The maximum Gasteiger partial charge on any atom is 0.225 e. The zero-order valence-corrected chi connectivity index (χ0v) is 16.7. The first-order valence-electron chi connectivity index (χ1n) is 11.0. The molecule has 3 aliphatic rings. The number of hydrogen-bond acceptors (Lipinski definition) is 3. The molecule has 0 unspecified atom stereocenters. The zero-order chi connectivity index (χ0) is 18.6. The van der Waals surface area contributed by atoms with Crippen LogP contribution in [-0.4, -0.2) is 48.7 Å². The molecule has 0 bridgehead atoms. The number of rotatable bonds is 6. The van der Waals surface area contributed by atoms with Crippen molar-refractivity contribution < 1.29 is 9.53 Å². The van der Waals surface area contributed by atoms with Gasteiger partial charge in [0.25, 0.3) is 0 Å². The van der Waals surface area contributed by atoms with E-state index >= 15 is 0 Å². The summed E-state index contributed by atoms with van der Waals surface area (Å²) < 4.78 is 6.20. The fourth-order valence-corrected chi connectivity index (χ4v) is 5.19. The molecule has 4 nitrogen and oxygen atoms in total. The number of amides is 1.